The Hall–Kier alpha value is -3.53. The molecule has 1 amide bonds. The minimum absolute atomic E-state index is 0.0850. The predicted molar refractivity (Wildman–Crippen MR) is 129 cm³/mol. The zero-order valence-electron chi connectivity index (χ0n) is 18.9. The highest BCUT2D eigenvalue weighted by molar-refractivity contribution is 7.91. The Bertz CT molecular complexity index is 1340. The van der Waals surface area contributed by atoms with Gasteiger partial charge in [0.2, 0.25) is 15.9 Å². The van der Waals surface area contributed by atoms with Gasteiger partial charge in [-0.1, -0.05) is 30.3 Å². The van der Waals surface area contributed by atoms with Crippen molar-refractivity contribution >= 4 is 21.6 Å². The first-order valence-corrected chi connectivity index (χ1v) is 12.8. The second-order valence-electron chi connectivity index (χ2n) is 8.53. The zero-order valence-corrected chi connectivity index (χ0v) is 19.7. The number of pyridine rings is 1. The van der Waals surface area contributed by atoms with Crippen molar-refractivity contribution < 1.29 is 13.2 Å². The number of amides is 1. The summed E-state index contributed by atoms with van der Waals surface area (Å²) in [5.41, 5.74) is 2.70. The van der Waals surface area contributed by atoms with Gasteiger partial charge in [-0.25, -0.2) is 18.4 Å². The van der Waals surface area contributed by atoms with E-state index in [1.807, 2.05) is 6.20 Å². The van der Waals surface area contributed by atoms with Gasteiger partial charge in [-0.3, -0.25) is 14.3 Å². The Morgan fingerprint density at radius 3 is 2.76 bits per heavy atom. The summed E-state index contributed by atoms with van der Waals surface area (Å²) < 4.78 is 28.8. The van der Waals surface area contributed by atoms with Crippen molar-refractivity contribution in [3.8, 4) is 0 Å². The Morgan fingerprint density at radius 2 is 1.97 bits per heavy atom. The maximum absolute atomic E-state index is 12.9. The molecular formula is C24H27N5O4S. The van der Waals surface area contributed by atoms with E-state index in [0.29, 0.717) is 17.8 Å². The van der Waals surface area contributed by atoms with Crippen LogP contribution in [0.3, 0.4) is 0 Å². The Balaban J connectivity index is 1.39. The van der Waals surface area contributed by atoms with E-state index in [1.165, 1.54) is 10.6 Å². The molecule has 2 N–H and O–H groups in total. The molecule has 9 nitrogen and oxygen atoms in total. The highest BCUT2D eigenvalue weighted by Crippen LogP contribution is 2.22. The minimum atomic E-state index is -3.79. The van der Waals surface area contributed by atoms with Crippen molar-refractivity contribution in [3.63, 3.8) is 0 Å². The van der Waals surface area contributed by atoms with Gasteiger partial charge in [-0.05, 0) is 55.4 Å². The molecule has 0 saturated carbocycles. The summed E-state index contributed by atoms with van der Waals surface area (Å²) in [5.74, 6) is -0.280. The molecule has 0 saturated heterocycles. The van der Waals surface area contributed by atoms with Crippen LogP contribution >= 0.6 is 0 Å². The number of hydrogen-bond acceptors (Lipinski definition) is 6. The van der Waals surface area contributed by atoms with Crippen LogP contribution in [0.4, 0.5) is 5.69 Å². The van der Waals surface area contributed by atoms with Crippen LogP contribution in [0.5, 0.6) is 0 Å². The first-order chi connectivity index (χ1) is 16.3. The number of fused-ring (bicyclic) bond motifs is 1. The Morgan fingerprint density at radius 1 is 1.18 bits per heavy atom. The first kappa shape index (κ1) is 23.6. The van der Waals surface area contributed by atoms with Crippen LogP contribution in [-0.2, 0) is 40.0 Å². The quantitative estimate of drug-likeness (QED) is 0.506. The molecule has 1 aromatic carbocycles. The van der Waals surface area contributed by atoms with Gasteiger partial charge in [0.25, 0.3) is 5.56 Å². The smallest absolute Gasteiger partial charge is 0.275 e. The molecule has 178 valence electrons. The number of sulfonamides is 1. The van der Waals surface area contributed by atoms with Gasteiger partial charge in [0.1, 0.15) is 18.6 Å². The summed E-state index contributed by atoms with van der Waals surface area (Å²) >= 11 is 0. The molecule has 1 aliphatic carbocycles. The van der Waals surface area contributed by atoms with E-state index in [-0.39, 0.29) is 29.8 Å². The molecule has 0 spiro atoms. The lowest BCUT2D eigenvalue weighted by atomic mass is 9.87. The van der Waals surface area contributed by atoms with Crippen molar-refractivity contribution in [3.05, 3.63) is 87.9 Å². The van der Waals surface area contributed by atoms with Crippen LogP contribution in [0.25, 0.3) is 0 Å². The van der Waals surface area contributed by atoms with E-state index in [4.69, 9.17) is 0 Å². The fourth-order valence-corrected chi connectivity index (χ4v) is 5.30. The summed E-state index contributed by atoms with van der Waals surface area (Å²) in [4.78, 5) is 33.9. The molecule has 10 heteroatoms. The number of benzene rings is 1. The lowest BCUT2D eigenvalue weighted by Crippen LogP contribution is -2.37. The number of carbonyl (C=O) groups excluding carboxylic acids is 1. The SMILES string of the molecule is Cc1ccc(NS(=O)(=O)Cc2ccccc2)c(=O)n1CC(=O)NCC1CCc2ncncc2C1. The number of anilines is 1. The Labute approximate surface area is 198 Å². The van der Waals surface area contributed by atoms with E-state index in [1.54, 1.807) is 49.6 Å². The number of aromatic nitrogens is 3. The number of carbonyl (C=O) groups is 1. The van der Waals surface area contributed by atoms with Crippen molar-refractivity contribution in [2.24, 2.45) is 5.92 Å². The highest BCUT2D eigenvalue weighted by atomic mass is 32.2. The lowest BCUT2D eigenvalue weighted by Gasteiger charge is -2.23. The van der Waals surface area contributed by atoms with Crippen LogP contribution < -0.4 is 15.6 Å². The average molecular weight is 482 g/mol. The van der Waals surface area contributed by atoms with E-state index in [0.717, 1.165) is 30.5 Å². The second kappa shape index (κ2) is 10.2. The van der Waals surface area contributed by atoms with Gasteiger partial charge < -0.3 is 9.88 Å². The summed E-state index contributed by atoms with van der Waals surface area (Å²) in [7, 11) is -3.79. The highest BCUT2D eigenvalue weighted by Gasteiger charge is 2.21. The molecule has 0 fully saturated rings. The number of nitrogens with zero attached hydrogens (tertiary/aromatic N) is 3. The first-order valence-electron chi connectivity index (χ1n) is 11.1. The van der Waals surface area contributed by atoms with Crippen molar-refractivity contribution in [2.75, 3.05) is 11.3 Å². The summed E-state index contributed by atoms with van der Waals surface area (Å²) in [6.45, 7) is 2.00. The zero-order chi connectivity index (χ0) is 24.1. The Kier molecular flexibility index (Phi) is 7.06. The van der Waals surface area contributed by atoms with E-state index >= 15 is 0 Å². The molecule has 1 unspecified atom stereocenters. The van der Waals surface area contributed by atoms with Gasteiger partial charge in [0, 0.05) is 24.1 Å². The van der Waals surface area contributed by atoms with Gasteiger partial charge in [-0.15, -0.1) is 0 Å². The normalized spacial score (nSPS) is 15.4. The second-order valence-corrected chi connectivity index (χ2v) is 10.3. The standard InChI is InChI=1S/C24H27N5O4S/c1-17-7-9-22(28-34(32,33)15-18-5-3-2-4-6-18)24(31)29(17)14-23(30)26-12-19-8-10-21-20(11-19)13-25-16-27-21/h2-7,9,13,16,19,28H,8,10-12,14-15H2,1H3,(H,26,30). The third-order valence-corrected chi connectivity index (χ3v) is 7.17. The summed E-state index contributed by atoms with van der Waals surface area (Å²) in [6, 6.07) is 11.8. The van der Waals surface area contributed by atoms with Crippen LogP contribution in [0.1, 0.15) is 28.9 Å². The third kappa shape index (κ3) is 5.88. The molecule has 1 atom stereocenters. The topological polar surface area (TPSA) is 123 Å². The third-order valence-electron chi connectivity index (χ3n) is 5.93. The van der Waals surface area contributed by atoms with Gasteiger partial charge in [-0.2, -0.15) is 0 Å². The minimum Gasteiger partial charge on any atom is -0.354 e. The van der Waals surface area contributed by atoms with Gasteiger partial charge in [0.15, 0.2) is 0 Å². The van der Waals surface area contributed by atoms with Crippen molar-refractivity contribution in [1.29, 1.82) is 0 Å². The number of rotatable bonds is 8. The van der Waals surface area contributed by atoms with Crippen LogP contribution in [0.2, 0.25) is 0 Å². The number of aryl methyl sites for hydroxylation is 2. The molecule has 34 heavy (non-hydrogen) atoms. The predicted octanol–water partition coefficient (Wildman–Crippen LogP) is 1.81. The molecule has 2 heterocycles. The van der Waals surface area contributed by atoms with E-state index in [9.17, 15) is 18.0 Å². The van der Waals surface area contributed by atoms with E-state index < -0.39 is 15.6 Å². The van der Waals surface area contributed by atoms with Crippen molar-refractivity contribution in [1.82, 2.24) is 19.9 Å². The molecule has 2 aromatic heterocycles. The molecule has 0 aliphatic heterocycles. The van der Waals surface area contributed by atoms with Crippen LogP contribution in [0, 0.1) is 12.8 Å². The average Bonchev–Trinajstić information content (AvgIpc) is 2.82. The molecule has 4 rings (SSSR count). The largest absolute Gasteiger partial charge is 0.354 e. The van der Waals surface area contributed by atoms with Crippen LogP contribution in [-0.4, -0.2) is 35.4 Å². The molecular weight excluding hydrogens is 454 g/mol. The summed E-state index contributed by atoms with van der Waals surface area (Å²) in [5, 5.41) is 2.91. The van der Waals surface area contributed by atoms with Gasteiger partial charge >= 0.3 is 0 Å². The monoisotopic (exact) mass is 481 g/mol. The van der Waals surface area contributed by atoms with Crippen molar-refractivity contribution in [2.45, 2.75) is 38.5 Å². The maximum atomic E-state index is 12.9. The maximum Gasteiger partial charge on any atom is 0.275 e. The van der Waals surface area contributed by atoms with Crippen LogP contribution in [0.15, 0.2) is 59.8 Å². The number of hydrogen-bond donors (Lipinski definition) is 2. The van der Waals surface area contributed by atoms with E-state index in [2.05, 4.69) is 20.0 Å². The fraction of sp³-hybridized carbons (Fsp3) is 0.333. The molecule has 0 bridgehead atoms. The fourth-order valence-electron chi connectivity index (χ4n) is 4.11. The molecule has 1 aliphatic rings. The lowest BCUT2D eigenvalue weighted by molar-refractivity contribution is -0.121. The molecule has 3 aromatic rings. The summed E-state index contributed by atoms with van der Waals surface area (Å²) in [6.07, 6.45) is 5.94. The van der Waals surface area contributed by atoms with Gasteiger partial charge in [0.05, 0.1) is 5.75 Å². The number of nitrogens with one attached hydrogen (secondary N) is 2. The molecule has 0 radical (unpaired) electrons.